The van der Waals surface area contributed by atoms with E-state index in [0.717, 1.165) is 11.1 Å². The zero-order valence-electron chi connectivity index (χ0n) is 9.32. The van der Waals surface area contributed by atoms with Gasteiger partial charge in [-0.1, -0.05) is 53.5 Å². The molecule has 1 atom stereocenters. The molecule has 1 nitrogen and oxygen atoms in total. The molecule has 3 heteroatoms. The summed E-state index contributed by atoms with van der Waals surface area (Å²) in [7, 11) is 0. The third kappa shape index (κ3) is 2.63. The summed E-state index contributed by atoms with van der Waals surface area (Å²) in [6.07, 6.45) is -0.721. The lowest BCUT2D eigenvalue weighted by Crippen LogP contribution is -2.02. The molecule has 1 N–H and O–H groups in total. The quantitative estimate of drug-likeness (QED) is 0.855. The van der Waals surface area contributed by atoms with E-state index in [-0.39, 0.29) is 0 Å². The Bertz CT molecular complexity index is 537. The second kappa shape index (κ2) is 5.09. The van der Waals surface area contributed by atoms with E-state index in [1.54, 1.807) is 18.2 Å². The van der Waals surface area contributed by atoms with Crippen LogP contribution in [0.15, 0.2) is 42.5 Å². The smallest absolute Gasteiger partial charge is 0.106 e. The Kier molecular flexibility index (Phi) is 3.72. The topological polar surface area (TPSA) is 20.2 Å². The Labute approximate surface area is 111 Å². The lowest BCUT2D eigenvalue weighted by atomic mass is 9.98. The van der Waals surface area contributed by atoms with Crippen molar-refractivity contribution in [2.45, 2.75) is 13.0 Å². The molecule has 88 valence electrons. The van der Waals surface area contributed by atoms with Crippen LogP contribution in [0.5, 0.6) is 0 Å². The van der Waals surface area contributed by atoms with Crippen LogP contribution in [-0.4, -0.2) is 5.11 Å². The highest BCUT2D eigenvalue weighted by atomic mass is 35.5. The fourth-order valence-corrected chi connectivity index (χ4v) is 2.30. The minimum atomic E-state index is -0.721. The van der Waals surface area contributed by atoms with Crippen LogP contribution in [0, 0.1) is 6.92 Å². The number of hydrogen-bond donors (Lipinski definition) is 1. The maximum absolute atomic E-state index is 10.3. The molecule has 0 aromatic heterocycles. The van der Waals surface area contributed by atoms with E-state index in [9.17, 15) is 5.11 Å². The molecule has 0 aliphatic carbocycles. The molecule has 17 heavy (non-hydrogen) atoms. The van der Waals surface area contributed by atoms with E-state index in [4.69, 9.17) is 23.2 Å². The first-order valence-corrected chi connectivity index (χ1v) is 6.03. The number of benzene rings is 2. The van der Waals surface area contributed by atoms with E-state index >= 15 is 0 Å². The van der Waals surface area contributed by atoms with Gasteiger partial charge < -0.3 is 5.11 Å². The van der Waals surface area contributed by atoms with Crippen LogP contribution in [0.3, 0.4) is 0 Å². The first-order valence-electron chi connectivity index (χ1n) is 5.28. The van der Waals surface area contributed by atoms with Gasteiger partial charge in [-0.2, -0.15) is 0 Å². The Balaban J connectivity index is 2.44. The average molecular weight is 267 g/mol. The predicted octanol–water partition coefficient (Wildman–Crippen LogP) is 4.38. The van der Waals surface area contributed by atoms with Crippen molar-refractivity contribution in [3.8, 4) is 0 Å². The third-order valence-electron chi connectivity index (χ3n) is 2.74. The molecule has 0 fully saturated rings. The molecule has 0 amide bonds. The lowest BCUT2D eigenvalue weighted by Gasteiger charge is -2.15. The third-order valence-corrected chi connectivity index (χ3v) is 3.30. The van der Waals surface area contributed by atoms with Gasteiger partial charge in [0.15, 0.2) is 0 Å². The standard InChI is InChI=1S/C14H12Cl2O/c1-9-4-2-3-5-11(9)14(17)12-7-6-10(15)8-13(12)16/h2-8,14,17H,1H3. The van der Waals surface area contributed by atoms with E-state index in [1.807, 2.05) is 31.2 Å². The van der Waals surface area contributed by atoms with Crippen LogP contribution in [0.4, 0.5) is 0 Å². The summed E-state index contributed by atoms with van der Waals surface area (Å²) >= 11 is 11.9. The number of rotatable bonds is 2. The van der Waals surface area contributed by atoms with Crippen molar-refractivity contribution < 1.29 is 5.11 Å². The van der Waals surface area contributed by atoms with Gasteiger partial charge in [-0.25, -0.2) is 0 Å². The molecule has 2 rings (SSSR count). The molecular weight excluding hydrogens is 255 g/mol. The number of aliphatic hydroxyl groups excluding tert-OH is 1. The molecule has 2 aromatic rings. The number of aliphatic hydroxyl groups is 1. The molecule has 1 unspecified atom stereocenters. The van der Waals surface area contributed by atoms with Gasteiger partial charge in [0.05, 0.1) is 0 Å². The van der Waals surface area contributed by atoms with Crippen molar-refractivity contribution in [3.63, 3.8) is 0 Å². The number of aryl methyl sites for hydroxylation is 1. The maximum atomic E-state index is 10.3. The molecular formula is C14H12Cl2O. The highest BCUT2D eigenvalue weighted by Crippen LogP contribution is 2.31. The molecule has 0 aliphatic rings. The normalized spacial score (nSPS) is 12.5. The van der Waals surface area contributed by atoms with Crippen LogP contribution in [0.1, 0.15) is 22.8 Å². The fraction of sp³-hybridized carbons (Fsp3) is 0.143. The van der Waals surface area contributed by atoms with Crippen molar-refractivity contribution in [2.75, 3.05) is 0 Å². The lowest BCUT2D eigenvalue weighted by molar-refractivity contribution is 0.219. The molecule has 0 spiro atoms. The van der Waals surface area contributed by atoms with Gasteiger partial charge in [0, 0.05) is 15.6 Å². The summed E-state index contributed by atoms with van der Waals surface area (Å²) in [5.74, 6) is 0. The monoisotopic (exact) mass is 266 g/mol. The maximum Gasteiger partial charge on any atom is 0.106 e. The van der Waals surface area contributed by atoms with Crippen LogP contribution in [0.2, 0.25) is 10.0 Å². The zero-order chi connectivity index (χ0) is 12.4. The average Bonchev–Trinajstić information content (AvgIpc) is 2.29. The molecule has 2 aromatic carbocycles. The second-order valence-corrected chi connectivity index (χ2v) is 4.77. The Morgan fingerprint density at radius 2 is 1.71 bits per heavy atom. The molecule has 0 saturated carbocycles. The van der Waals surface area contributed by atoms with Gasteiger partial charge in [0.1, 0.15) is 6.10 Å². The van der Waals surface area contributed by atoms with Crippen molar-refractivity contribution in [1.82, 2.24) is 0 Å². The minimum Gasteiger partial charge on any atom is -0.384 e. The van der Waals surface area contributed by atoms with Gasteiger partial charge >= 0.3 is 0 Å². The number of hydrogen-bond acceptors (Lipinski definition) is 1. The molecule has 0 saturated heterocycles. The van der Waals surface area contributed by atoms with E-state index in [0.29, 0.717) is 15.6 Å². The summed E-state index contributed by atoms with van der Waals surface area (Å²) in [6.45, 7) is 1.96. The van der Waals surface area contributed by atoms with Crippen LogP contribution in [0.25, 0.3) is 0 Å². The SMILES string of the molecule is Cc1ccccc1C(O)c1ccc(Cl)cc1Cl. The van der Waals surface area contributed by atoms with Crippen molar-refractivity contribution in [3.05, 3.63) is 69.2 Å². The molecule has 0 radical (unpaired) electrons. The Hall–Kier alpha value is -1.02. The Morgan fingerprint density at radius 1 is 1.00 bits per heavy atom. The first-order chi connectivity index (χ1) is 8.09. The van der Waals surface area contributed by atoms with Gasteiger partial charge in [-0.3, -0.25) is 0 Å². The highest BCUT2D eigenvalue weighted by Gasteiger charge is 2.15. The van der Waals surface area contributed by atoms with E-state index in [1.165, 1.54) is 0 Å². The highest BCUT2D eigenvalue weighted by molar-refractivity contribution is 6.35. The summed E-state index contributed by atoms with van der Waals surface area (Å²) in [5, 5.41) is 11.4. The molecule has 0 aliphatic heterocycles. The van der Waals surface area contributed by atoms with Gasteiger partial charge in [0.2, 0.25) is 0 Å². The number of halogens is 2. The first kappa shape index (κ1) is 12.4. The van der Waals surface area contributed by atoms with Gasteiger partial charge in [-0.15, -0.1) is 0 Å². The summed E-state index contributed by atoms with van der Waals surface area (Å²) in [4.78, 5) is 0. The summed E-state index contributed by atoms with van der Waals surface area (Å²) in [5.41, 5.74) is 2.56. The van der Waals surface area contributed by atoms with Crippen molar-refractivity contribution >= 4 is 23.2 Å². The summed E-state index contributed by atoms with van der Waals surface area (Å²) in [6, 6.07) is 12.8. The van der Waals surface area contributed by atoms with Gasteiger partial charge in [-0.05, 0) is 30.2 Å². The zero-order valence-corrected chi connectivity index (χ0v) is 10.8. The minimum absolute atomic E-state index is 0.480. The second-order valence-electron chi connectivity index (χ2n) is 3.92. The van der Waals surface area contributed by atoms with Crippen LogP contribution < -0.4 is 0 Å². The van der Waals surface area contributed by atoms with E-state index in [2.05, 4.69) is 0 Å². The summed E-state index contributed by atoms with van der Waals surface area (Å²) < 4.78 is 0. The molecule has 0 heterocycles. The Morgan fingerprint density at radius 3 is 2.35 bits per heavy atom. The molecule has 0 bridgehead atoms. The van der Waals surface area contributed by atoms with Crippen LogP contribution >= 0.6 is 23.2 Å². The predicted molar refractivity (Wildman–Crippen MR) is 71.7 cm³/mol. The van der Waals surface area contributed by atoms with Crippen molar-refractivity contribution in [1.29, 1.82) is 0 Å². The largest absolute Gasteiger partial charge is 0.384 e. The van der Waals surface area contributed by atoms with Crippen LogP contribution in [-0.2, 0) is 0 Å². The fourth-order valence-electron chi connectivity index (χ4n) is 1.78. The van der Waals surface area contributed by atoms with Crippen molar-refractivity contribution in [2.24, 2.45) is 0 Å². The van der Waals surface area contributed by atoms with Gasteiger partial charge in [0.25, 0.3) is 0 Å². The van der Waals surface area contributed by atoms with E-state index < -0.39 is 6.10 Å².